The van der Waals surface area contributed by atoms with Gasteiger partial charge in [-0.25, -0.2) is 0 Å². The van der Waals surface area contributed by atoms with E-state index in [-0.39, 0.29) is 0 Å². The van der Waals surface area contributed by atoms with Gasteiger partial charge in [-0.2, -0.15) is 0 Å². The minimum atomic E-state index is 0.637. The molecule has 0 spiro atoms. The van der Waals surface area contributed by atoms with E-state index in [4.69, 9.17) is 0 Å². The second-order valence-corrected chi connectivity index (χ2v) is 6.77. The number of nitrogens with zero attached hydrogens (tertiary/aromatic N) is 3. The van der Waals surface area contributed by atoms with Gasteiger partial charge in [0.25, 0.3) is 0 Å². The Morgan fingerprint density at radius 3 is 2.33 bits per heavy atom. The Kier molecular flexibility index (Phi) is 4.02. The third kappa shape index (κ3) is 2.72. The molecule has 0 aromatic rings. The standard InChI is InChI=1S/C15H30N3/c1-6-14-11-15(18(4,5)12-14)13(2)17-9-7-16(3)8-10-17/h14-15H,2,6-12H2,1,3-5H3/q+1/t14-,15+/m1/s1. The van der Waals surface area contributed by atoms with Crippen LogP contribution in [0, 0.1) is 5.92 Å². The molecule has 0 saturated carbocycles. The van der Waals surface area contributed by atoms with Crippen LogP contribution in [-0.2, 0) is 0 Å². The number of likely N-dealkylation sites (N-methyl/N-ethyl adjacent to an activating group) is 2. The SMILES string of the molecule is C=C([C@@H]1C[C@@H](CC)C[N+]1(C)C)N1CCN(C)CC1. The highest BCUT2D eigenvalue weighted by atomic mass is 15.4. The van der Waals surface area contributed by atoms with E-state index < -0.39 is 0 Å². The highest BCUT2D eigenvalue weighted by molar-refractivity contribution is 5.05. The van der Waals surface area contributed by atoms with E-state index in [1.807, 2.05) is 0 Å². The molecule has 0 bridgehead atoms. The first-order chi connectivity index (χ1) is 8.44. The lowest BCUT2D eigenvalue weighted by Crippen LogP contribution is -2.51. The fraction of sp³-hybridized carbons (Fsp3) is 0.867. The summed E-state index contributed by atoms with van der Waals surface area (Å²) in [4.78, 5) is 4.94. The highest BCUT2D eigenvalue weighted by Gasteiger charge is 2.42. The van der Waals surface area contributed by atoms with E-state index in [1.54, 1.807) is 0 Å². The van der Waals surface area contributed by atoms with Gasteiger partial charge in [0.2, 0.25) is 0 Å². The maximum atomic E-state index is 4.44. The Morgan fingerprint density at radius 1 is 1.22 bits per heavy atom. The molecule has 2 fully saturated rings. The zero-order chi connectivity index (χ0) is 13.3. The second kappa shape index (κ2) is 5.22. The van der Waals surface area contributed by atoms with Crippen molar-refractivity contribution in [1.82, 2.24) is 9.80 Å². The molecule has 0 amide bonds. The van der Waals surface area contributed by atoms with Gasteiger partial charge in [0, 0.05) is 38.5 Å². The lowest BCUT2D eigenvalue weighted by Gasteiger charge is -2.41. The molecule has 2 aliphatic heterocycles. The molecule has 3 nitrogen and oxygen atoms in total. The summed E-state index contributed by atoms with van der Waals surface area (Å²) in [7, 11) is 6.96. The lowest BCUT2D eigenvalue weighted by atomic mass is 10.0. The third-order valence-electron chi connectivity index (χ3n) is 5.00. The molecule has 0 aromatic carbocycles. The van der Waals surface area contributed by atoms with Gasteiger partial charge in [-0.15, -0.1) is 0 Å². The van der Waals surface area contributed by atoms with Gasteiger partial charge in [0.05, 0.1) is 26.3 Å². The molecule has 2 heterocycles. The molecule has 3 heteroatoms. The normalized spacial score (nSPS) is 32.8. The number of rotatable bonds is 3. The van der Waals surface area contributed by atoms with Crippen LogP contribution >= 0.6 is 0 Å². The van der Waals surface area contributed by atoms with Gasteiger partial charge in [-0.05, 0) is 13.5 Å². The van der Waals surface area contributed by atoms with Crippen molar-refractivity contribution < 1.29 is 4.48 Å². The van der Waals surface area contributed by atoms with Crippen molar-refractivity contribution in [2.24, 2.45) is 5.92 Å². The molecule has 18 heavy (non-hydrogen) atoms. The predicted molar refractivity (Wildman–Crippen MR) is 77.4 cm³/mol. The summed E-state index contributed by atoms with van der Waals surface area (Å²) in [5.41, 5.74) is 1.39. The van der Waals surface area contributed by atoms with E-state index in [0.717, 1.165) is 23.5 Å². The minimum absolute atomic E-state index is 0.637. The number of quaternary nitrogens is 1. The van der Waals surface area contributed by atoms with Crippen LogP contribution in [0.15, 0.2) is 12.3 Å². The highest BCUT2D eigenvalue weighted by Crippen LogP contribution is 2.34. The fourth-order valence-corrected chi connectivity index (χ4v) is 3.61. The zero-order valence-corrected chi connectivity index (χ0v) is 12.7. The summed E-state index contributed by atoms with van der Waals surface area (Å²) < 4.78 is 1.13. The summed E-state index contributed by atoms with van der Waals surface area (Å²) in [5, 5.41) is 0. The number of hydrogen-bond donors (Lipinski definition) is 0. The Morgan fingerprint density at radius 2 is 1.83 bits per heavy atom. The molecule has 0 aliphatic carbocycles. The molecule has 2 aliphatic rings. The van der Waals surface area contributed by atoms with E-state index in [0.29, 0.717) is 6.04 Å². The first-order valence-electron chi connectivity index (χ1n) is 7.39. The molecule has 104 valence electrons. The molecule has 0 N–H and O–H groups in total. The minimum Gasteiger partial charge on any atom is -0.368 e. The van der Waals surface area contributed by atoms with Crippen LogP contribution in [0.5, 0.6) is 0 Å². The van der Waals surface area contributed by atoms with Crippen molar-refractivity contribution in [2.75, 3.05) is 53.9 Å². The lowest BCUT2D eigenvalue weighted by molar-refractivity contribution is -0.899. The Labute approximate surface area is 113 Å². The van der Waals surface area contributed by atoms with E-state index in [2.05, 4.69) is 44.4 Å². The summed E-state index contributed by atoms with van der Waals surface area (Å²) in [5.74, 6) is 0.884. The molecule has 2 rings (SSSR count). The summed E-state index contributed by atoms with van der Waals surface area (Å²) in [6.45, 7) is 12.7. The first kappa shape index (κ1) is 13.9. The van der Waals surface area contributed by atoms with E-state index in [1.165, 1.54) is 38.2 Å². The van der Waals surface area contributed by atoms with Crippen molar-refractivity contribution in [1.29, 1.82) is 0 Å². The molecular formula is C15H30N3+. The molecular weight excluding hydrogens is 222 g/mol. The zero-order valence-electron chi connectivity index (χ0n) is 12.7. The topological polar surface area (TPSA) is 6.48 Å². The maximum absolute atomic E-state index is 4.44. The summed E-state index contributed by atoms with van der Waals surface area (Å²) >= 11 is 0. The van der Waals surface area contributed by atoms with Gasteiger partial charge in [-0.3, -0.25) is 0 Å². The third-order valence-corrected chi connectivity index (χ3v) is 5.00. The fourth-order valence-electron chi connectivity index (χ4n) is 3.61. The van der Waals surface area contributed by atoms with Crippen molar-refractivity contribution in [3.8, 4) is 0 Å². The van der Waals surface area contributed by atoms with Crippen molar-refractivity contribution in [3.63, 3.8) is 0 Å². The van der Waals surface area contributed by atoms with Crippen LogP contribution < -0.4 is 0 Å². The van der Waals surface area contributed by atoms with Crippen LogP contribution in [-0.4, -0.2) is 74.2 Å². The molecule has 0 aromatic heterocycles. The number of likely N-dealkylation sites (tertiary alicyclic amines) is 1. The van der Waals surface area contributed by atoms with Gasteiger partial charge in [-0.1, -0.05) is 13.5 Å². The first-order valence-corrected chi connectivity index (χ1v) is 7.39. The quantitative estimate of drug-likeness (QED) is 0.704. The Hall–Kier alpha value is -0.540. The molecule has 0 unspecified atom stereocenters. The van der Waals surface area contributed by atoms with Gasteiger partial charge < -0.3 is 14.3 Å². The monoisotopic (exact) mass is 252 g/mol. The van der Waals surface area contributed by atoms with Gasteiger partial charge in [0.15, 0.2) is 0 Å². The average Bonchev–Trinajstić information content (AvgIpc) is 2.64. The van der Waals surface area contributed by atoms with Crippen molar-refractivity contribution in [2.45, 2.75) is 25.8 Å². The number of piperazine rings is 1. The molecule has 2 atom stereocenters. The average molecular weight is 252 g/mol. The Balaban J connectivity index is 2.00. The molecule has 0 radical (unpaired) electrons. The van der Waals surface area contributed by atoms with E-state index in [9.17, 15) is 0 Å². The van der Waals surface area contributed by atoms with Crippen LogP contribution in [0.2, 0.25) is 0 Å². The largest absolute Gasteiger partial charge is 0.368 e. The summed E-state index contributed by atoms with van der Waals surface area (Å²) in [6, 6.07) is 0.637. The predicted octanol–water partition coefficient (Wildman–Crippen LogP) is 1.62. The van der Waals surface area contributed by atoms with Crippen molar-refractivity contribution in [3.05, 3.63) is 12.3 Å². The molecule has 2 saturated heterocycles. The summed E-state index contributed by atoms with van der Waals surface area (Å²) in [6.07, 6.45) is 2.64. The van der Waals surface area contributed by atoms with Crippen LogP contribution in [0.4, 0.5) is 0 Å². The smallest absolute Gasteiger partial charge is 0.129 e. The Bertz CT molecular complexity index is 303. The van der Waals surface area contributed by atoms with Crippen LogP contribution in [0.3, 0.4) is 0 Å². The van der Waals surface area contributed by atoms with Crippen LogP contribution in [0.25, 0.3) is 0 Å². The van der Waals surface area contributed by atoms with Gasteiger partial charge >= 0.3 is 0 Å². The maximum Gasteiger partial charge on any atom is 0.129 e. The van der Waals surface area contributed by atoms with E-state index >= 15 is 0 Å². The second-order valence-electron chi connectivity index (χ2n) is 6.77. The number of hydrogen-bond acceptors (Lipinski definition) is 2. The van der Waals surface area contributed by atoms with Gasteiger partial charge in [0.1, 0.15) is 6.04 Å². The van der Waals surface area contributed by atoms with Crippen molar-refractivity contribution >= 4 is 0 Å². The van der Waals surface area contributed by atoms with Crippen LogP contribution in [0.1, 0.15) is 19.8 Å².